The summed E-state index contributed by atoms with van der Waals surface area (Å²) >= 11 is 0.892. The van der Waals surface area contributed by atoms with Crippen LogP contribution in [0.15, 0.2) is 68.2 Å². The molecule has 0 saturated carbocycles. The first-order valence-corrected chi connectivity index (χ1v) is 9.85. The topological polar surface area (TPSA) is 139 Å². The number of ether oxygens (including phenoxy) is 2. The highest BCUT2D eigenvalue weighted by Crippen LogP contribution is 2.32. The van der Waals surface area contributed by atoms with Crippen molar-refractivity contribution >= 4 is 23.9 Å². The first kappa shape index (κ1) is 21.8. The molecule has 3 rings (SSSR count). The maximum Gasteiger partial charge on any atom is 0.342 e. The number of thioether (sulfide) groups is 1. The van der Waals surface area contributed by atoms with Crippen LogP contribution in [0.2, 0.25) is 0 Å². The molecule has 2 aromatic carbocycles. The summed E-state index contributed by atoms with van der Waals surface area (Å²) in [6, 6.07) is 14.0. The molecule has 0 aliphatic rings. The number of rotatable bonds is 8. The van der Waals surface area contributed by atoms with Crippen LogP contribution < -0.4 is 26.1 Å². The van der Waals surface area contributed by atoms with E-state index in [1.54, 1.807) is 49.6 Å². The number of hydrogen-bond donors (Lipinski definition) is 3. The van der Waals surface area contributed by atoms with Crippen molar-refractivity contribution in [1.29, 1.82) is 0 Å². The Bertz CT molecular complexity index is 1190. The number of methoxy groups -OCH3 is 2. The molecule has 0 saturated heterocycles. The molecule has 1 atom stereocenters. The van der Waals surface area contributed by atoms with Crippen molar-refractivity contribution in [2.75, 3.05) is 14.2 Å². The van der Waals surface area contributed by atoms with Gasteiger partial charge in [-0.1, -0.05) is 42.1 Å². The second kappa shape index (κ2) is 10.3. The largest absolute Gasteiger partial charge is 0.497 e. The molecule has 0 fully saturated rings. The zero-order valence-corrected chi connectivity index (χ0v) is 17.4. The van der Waals surface area contributed by atoms with Crippen LogP contribution in [0.5, 0.6) is 11.5 Å². The first-order valence-electron chi connectivity index (χ1n) is 8.97. The van der Waals surface area contributed by atoms with Crippen LogP contribution >= 0.6 is 11.8 Å². The van der Waals surface area contributed by atoms with Gasteiger partial charge >= 0.3 is 5.69 Å². The molecule has 3 aromatic rings. The lowest BCUT2D eigenvalue weighted by atomic mass is 10.1. The van der Waals surface area contributed by atoms with Crippen molar-refractivity contribution in [3.8, 4) is 11.5 Å². The van der Waals surface area contributed by atoms with Crippen molar-refractivity contribution in [3.63, 3.8) is 0 Å². The van der Waals surface area contributed by atoms with Gasteiger partial charge in [0.05, 0.1) is 20.4 Å². The van der Waals surface area contributed by atoms with Crippen molar-refractivity contribution in [3.05, 3.63) is 80.5 Å². The lowest BCUT2D eigenvalue weighted by molar-refractivity contribution is -0.120. The zero-order chi connectivity index (χ0) is 22.2. The first-order chi connectivity index (χ1) is 15.0. The smallest absolute Gasteiger partial charge is 0.342 e. The van der Waals surface area contributed by atoms with Crippen LogP contribution in [-0.2, 0) is 4.79 Å². The molecule has 10 nitrogen and oxygen atoms in total. The van der Waals surface area contributed by atoms with E-state index in [0.29, 0.717) is 22.6 Å². The molecule has 0 spiro atoms. The van der Waals surface area contributed by atoms with Crippen molar-refractivity contribution < 1.29 is 14.3 Å². The van der Waals surface area contributed by atoms with Gasteiger partial charge in [-0.3, -0.25) is 14.6 Å². The van der Waals surface area contributed by atoms with E-state index in [9.17, 15) is 14.4 Å². The van der Waals surface area contributed by atoms with E-state index in [0.717, 1.165) is 11.8 Å². The summed E-state index contributed by atoms with van der Waals surface area (Å²) < 4.78 is 10.5. The third-order valence-corrected chi connectivity index (χ3v) is 5.29. The highest BCUT2D eigenvalue weighted by molar-refractivity contribution is 8.00. The van der Waals surface area contributed by atoms with E-state index >= 15 is 0 Å². The van der Waals surface area contributed by atoms with Gasteiger partial charge in [-0.2, -0.15) is 10.2 Å². The summed E-state index contributed by atoms with van der Waals surface area (Å²) in [4.78, 5) is 38.2. The van der Waals surface area contributed by atoms with E-state index in [1.807, 2.05) is 6.07 Å². The van der Waals surface area contributed by atoms with E-state index in [1.165, 1.54) is 13.3 Å². The zero-order valence-electron chi connectivity index (χ0n) is 16.6. The molecule has 0 bridgehead atoms. The molecule has 0 aliphatic heterocycles. The highest BCUT2D eigenvalue weighted by atomic mass is 32.2. The summed E-state index contributed by atoms with van der Waals surface area (Å²) in [5.41, 5.74) is 2.32. The predicted molar refractivity (Wildman–Crippen MR) is 116 cm³/mol. The Balaban J connectivity index is 1.81. The molecule has 0 radical (unpaired) electrons. The fourth-order valence-electron chi connectivity index (χ4n) is 2.58. The average Bonchev–Trinajstić information content (AvgIpc) is 2.79. The van der Waals surface area contributed by atoms with E-state index in [-0.39, 0.29) is 5.03 Å². The lowest BCUT2D eigenvalue weighted by Gasteiger charge is -2.14. The van der Waals surface area contributed by atoms with Crippen LogP contribution in [0.4, 0.5) is 0 Å². The minimum atomic E-state index is -0.837. The second-order valence-corrected chi connectivity index (χ2v) is 7.16. The van der Waals surface area contributed by atoms with Gasteiger partial charge in [-0.05, 0) is 17.7 Å². The summed E-state index contributed by atoms with van der Waals surface area (Å²) in [6.07, 6.45) is 1.44. The summed E-state index contributed by atoms with van der Waals surface area (Å²) in [7, 11) is 3.06. The van der Waals surface area contributed by atoms with Gasteiger partial charge in [-0.15, -0.1) is 0 Å². The van der Waals surface area contributed by atoms with E-state index in [2.05, 4.69) is 25.7 Å². The number of hydrogen-bond acceptors (Lipinski definition) is 8. The Morgan fingerprint density at radius 1 is 1.16 bits per heavy atom. The third-order valence-electron chi connectivity index (χ3n) is 4.07. The number of benzene rings is 2. The number of aromatic nitrogens is 3. The Morgan fingerprint density at radius 3 is 2.61 bits per heavy atom. The minimum absolute atomic E-state index is 0.0515. The number of carbonyl (C=O) groups is 1. The fourth-order valence-corrected chi connectivity index (χ4v) is 3.51. The Hall–Kier alpha value is -3.86. The Morgan fingerprint density at radius 2 is 1.94 bits per heavy atom. The molecular weight excluding hydrogens is 422 g/mol. The lowest BCUT2D eigenvalue weighted by Crippen LogP contribution is -2.28. The maximum absolute atomic E-state index is 12.9. The molecule has 31 heavy (non-hydrogen) atoms. The highest BCUT2D eigenvalue weighted by Gasteiger charge is 2.24. The van der Waals surface area contributed by atoms with Crippen LogP contribution in [0.1, 0.15) is 16.4 Å². The second-order valence-electron chi connectivity index (χ2n) is 6.06. The third kappa shape index (κ3) is 5.60. The number of carbonyl (C=O) groups excluding carboxylic acids is 1. The standard InChI is InChI=1S/C20H19N5O5S/c1-29-14-9-8-13(15(10-14)30-2)11-21-23-17(26)16(12-6-4-3-5-7-12)31-19-18(27)22-20(28)25-24-19/h3-11,16H,1-2H3,(H,23,26)(H2,22,25,27,28)/b21-11-. The molecule has 160 valence electrons. The van der Waals surface area contributed by atoms with Gasteiger partial charge in [0.2, 0.25) is 0 Å². The van der Waals surface area contributed by atoms with Crippen molar-refractivity contribution in [2.45, 2.75) is 10.3 Å². The molecular formula is C20H19N5O5S. The van der Waals surface area contributed by atoms with Crippen LogP contribution in [-0.4, -0.2) is 41.5 Å². The Kier molecular flexibility index (Phi) is 7.22. The minimum Gasteiger partial charge on any atom is -0.497 e. The summed E-state index contributed by atoms with van der Waals surface area (Å²) in [5, 5.41) is 9.00. The Labute approximate surface area is 180 Å². The number of nitrogens with one attached hydrogen (secondary N) is 3. The van der Waals surface area contributed by atoms with E-state index in [4.69, 9.17) is 9.47 Å². The molecule has 3 N–H and O–H groups in total. The number of H-pyrrole nitrogens is 2. The fraction of sp³-hybridized carbons (Fsp3) is 0.150. The number of hydrazone groups is 1. The van der Waals surface area contributed by atoms with E-state index < -0.39 is 22.4 Å². The predicted octanol–water partition coefficient (Wildman–Crippen LogP) is 1.46. The molecule has 0 aliphatic carbocycles. The van der Waals surface area contributed by atoms with Gasteiger partial charge in [-0.25, -0.2) is 15.3 Å². The van der Waals surface area contributed by atoms with Gasteiger partial charge in [0.15, 0.2) is 5.03 Å². The molecule has 1 amide bonds. The number of amides is 1. The van der Waals surface area contributed by atoms with Crippen molar-refractivity contribution in [2.24, 2.45) is 5.10 Å². The molecule has 11 heteroatoms. The maximum atomic E-state index is 12.9. The van der Waals surface area contributed by atoms with Crippen LogP contribution in [0.3, 0.4) is 0 Å². The van der Waals surface area contributed by atoms with Gasteiger partial charge in [0.1, 0.15) is 16.7 Å². The molecule has 1 unspecified atom stereocenters. The van der Waals surface area contributed by atoms with Gasteiger partial charge < -0.3 is 9.47 Å². The number of nitrogens with zero attached hydrogens (tertiary/aromatic N) is 2. The SMILES string of the molecule is COc1ccc(/C=N\NC(=O)C(Sc2n[nH]c(=O)[nH]c2=O)c2ccccc2)c(OC)c1. The monoisotopic (exact) mass is 441 g/mol. The summed E-state index contributed by atoms with van der Waals surface area (Å²) in [6.45, 7) is 0. The van der Waals surface area contributed by atoms with Gasteiger partial charge in [0.25, 0.3) is 11.5 Å². The molecule has 1 aromatic heterocycles. The number of aromatic amines is 2. The normalized spacial score (nSPS) is 11.8. The van der Waals surface area contributed by atoms with Gasteiger partial charge in [0, 0.05) is 11.6 Å². The van der Waals surface area contributed by atoms with Crippen LogP contribution in [0.25, 0.3) is 0 Å². The average molecular weight is 441 g/mol. The van der Waals surface area contributed by atoms with Crippen molar-refractivity contribution in [1.82, 2.24) is 20.6 Å². The molecule has 1 heterocycles. The quantitative estimate of drug-likeness (QED) is 0.273. The summed E-state index contributed by atoms with van der Waals surface area (Å²) in [5.74, 6) is 0.667. The van der Waals surface area contributed by atoms with Crippen LogP contribution in [0, 0.1) is 0 Å².